The van der Waals surface area contributed by atoms with Crippen LogP contribution in [0, 0.1) is 0 Å². The van der Waals surface area contributed by atoms with Crippen LogP contribution in [0.5, 0.6) is 0 Å². The molecule has 0 saturated carbocycles. The number of aliphatic hydroxyl groups excluding tert-OH is 1. The molecule has 0 radical (unpaired) electrons. The van der Waals surface area contributed by atoms with Gasteiger partial charge in [0.05, 0.1) is 16.8 Å². The van der Waals surface area contributed by atoms with E-state index in [1.165, 1.54) is 6.07 Å². The van der Waals surface area contributed by atoms with E-state index in [2.05, 4.69) is 5.16 Å². The van der Waals surface area contributed by atoms with Crippen LogP contribution in [-0.4, -0.2) is 28.1 Å². The average molecular weight is 374 g/mol. The van der Waals surface area contributed by atoms with E-state index in [1.54, 1.807) is 16.8 Å². The molecule has 1 aliphatic rings. The Morgan fingerprint density at radius 2 is 1.96 bits per heavy atom. The highest BCUT2D eigenvalue weighted by atomic mass is 19.4. The lowest BCUT2D eigenvalue weighted by Crippen LogP contribution is -2.10. The first-order valence-electron chi connectivity index (χ1n) is 8.59. The van der Waals surface area contributed by atoms with E-state index in [0.717, 1.165) is 34.3 Å². The molecular formula is C20H17F3N2O2. The molecule has 27 heavy (non-hydrogen) atoms. The predicted octanol–water partition coefficient (Wildman–Crippen LogP) is 4.52. The van der Waals surface area contributed by atoms with Gasteiger partial charge in [-0.1, -0.05) is 29.4 Å². The Labute approximate surface area is 153 Å². The van der Waals surface area contributed by atoms with Crippen LogP contribution in [0.1, 0.15) is 24.0 Å². The van der Waals surface area contributed by atoms with Crippen molar-refractivity contribution in [2.24, 2.45) is 5.16 Å². The van der Waals surface area contributed by atoms with Gasteiger partial charge in [0.15, 0.2) is 0 Å². The van der Waals surface area contributed by atoms with Gasteiger partial charge in [-0.25, -0.2) is 0 Å². The van der Waals surface area contributed by atoms with Crippen molar-refractivity contribution in [3.8, 4) is 5.69 Å². The Balaban J connectivity index is 1.80. The van der Waals surface area contributed by atoms with Gasteiger partial charge in [0, 0.05) is 42.3 Å². The number of rotatable bonds is 4. The van der Waals surface area contributed by atoms with Gasteiger partial charge < -0.3 is 14.5 Å². The molecule has 1 N–H and O–H groups in total. The molecule has 2 heterocycles. The highest BCUT2D eigenvalue weighted by Gasteiger charge is 2.31. The number of benzene rings is 2. The predicted molar refractivity (Wildman–Crippen MR) is 96.0 cm³/mol. The number of halogens is 3. The average Bonchev–Trinajstić information content (AvgIpc) is 3.26. The van der Waals surface area contributed by atoms with E-state index >= 15 is 0 Å². The van der Waals surface area contributed by atoms with E-state index in [4.69, 9.17) is 9.94 Å². The number of nitrogens with zero attached hydrogens (tertiary/aromatic N) is 2. The third kappa shape index (κ3) is 3.30. The number of alkyl halides is 3. The normalized spacial score (nSPS) is 17.2. The van der Waals surface area contributed by atoms with Gasteiger partial charge in [0.1, 0.15) is 6.10 Å². The van der Waals surface area contributed by atoms with Gasteiger partial charge in [-0.15, -0.1) is 0 Å². The number of aromatic nitrogens is 1. The van der Waals surface area contributed by atoms with Gasteiger partial charge in [-0.05, 0) is 24.3 Å². The maximum atomic E-state index is 13.1. The molecule has 0 fully saturated rings. The molecule has 1 unspecified atom stereocenters. The maximum Gasteiger partial charge on any atom is 0.416 e. The Bertz CT molecular complexity index is 1010. The van der Waals surface area contributed by atoms with Crippen LogP contribution >= 0.6 is 0 Å². The lowest BCUT2D eigenvalue weighted by atomic mass is 10.0. The molecule has 0 amide bonds. The van der Waals surface area contributed by atoms with E-state index in [9.17, 15) is 13.2 Å². The number of hydrogen-bond donors (Lipinski definition) is 1. The minimum Gasteiger partial charge on any atom is -0.396 e. The Hall–Kier alpha value is -2.80. The molecule has 0 bridgehead atoms. The van der Waals surface area contributed by atoms with Crippen LogP contribution in [0.15, 0.2) is 59.9 Å². The summed E-state index contributed by atoms with van der Waals surface area (Å²) in [6.07, 6.45) is -1.75. The largest absolute Gasteiger partial charge is 0.416 e. The molecule has 4 nitrogen and oxygen atoms in total. The minimum absolute atomic E-state index is 0.0134. The van der Waals surface area contributed by atoms with Crippen molar-refractivity contribution in [2.45, 2.75) is 25.1 Å². The maximum absolute atomic E-state index is 13.1. The molecule has 3 aromatic rings. The summed E-state index contributed by atoms with van der Waals surface area (Å²) in [7, 11) is 0. The van der Waals surface area contributed by atoms with Crippen molar-refractivity contribution in [2.75, 3.05) is 6.61 Å². The smallest absolute Gasteiger partial charge is 0.396 e. The second-order valence-electron chi connectivity index (χ2n) is 6.46. The van der Waals surface area contributed by atoms with E-state index in [1.807, 2.05) is 24.3 Å². The van der Waals surface area contributed by atoms with Gasteiger partial charge >= 0.3 is 6.18 Å². The molecule has 7 heteroatoms. The quantitative estimate of drug-likeness (QED) is 0.730. The van der Waals surface area contributed by atoms with Gasteiger partial charge in [0.2, 0.25) is 0 Å². The van der Waals surface area contributed by atoms with Crippen molar-refractivity contribution < 1.29 is 23.1 Å². The zero-order valence-corrected chi connectivity index (χ0v) is 14.3. The van der Waals surface area contributed by atoms with Crippen LogP contribution in [0.25, 0.3) is 16.6 Å². The highest BCUT2D eigenvalue weighted by molar-refractivity contribution is 6.11. The first-order chi connectivity index (χ1) is 13.0. The van der Waals surface area contributed by atoms with Crippen molar-refractivity contribution in [1.82, 2.24) is 4.57 Å². The van der Waals surface area contributed by atoms with Crippen LogP contribution in [0.3, 0.4) is 0 Å². The standard InChI is InChI=1S/C20H17F3N2O2/c21-20(22,23)13-4-3-5-14(10-13)25-12-17(16-6-1-2-7-19(16)25)18-11-15(8-9-26)27-24-18/h1-7,10,12,15,26H,8-9,11H2. The molecule has 0 aliphatic carbocycles. The summed E-state index contributed by atoms with van der Waals surface area (Å²) in [6.45, 7) is 0.0134. The number of aliphatic hydroxyl groups is 1. The molecular weight excluding hydrogens is 357 g/mol. The summed E-state index contributed by atoms with van der Waals surface area (Å²) in [5.74, 6) is 0. The molecule has 4 rings (SSSR count). The first-order valence-corrected chi connectivity index (χ1v) is 8.59. The fraction of sp³-hybridized carbons (Fsp3) is 0.250. The lowest BCUT2D eigenvalue weighted by Gasteiger charge is -2.10. The molecule has 0 spiro atoms. The van der Waals surface area contributed by atoms with Crippen LogP contribution in [0.4, 0.5) is 13.2 Å². The van der Waals surface area contributed by atoms with E-state index < -0.39 is 11.7 Å². The van der Waals surface area contributed by atoms with Gasteiger partial charge in [0.25, 0.3) is 0 Å². The number of oxime groups is 1. The summed E-state index contributed by atoms with van der Waals surface area (Å²) in [5, 5.41) is 14.1. The second-order valence-corrected chi connectivity index (χ2v) is 6.46. The SMILES string of the molecule is OCCC1CC(c2cn(-c3cccc(C(F)(F)F)c3)c3ccccc23)=NO1. The van der Waals surface area contributed by atoms with Gasteiger partial charge in [-0.3, -0.25) is 0 Å². The topological polar surface area (TPSA) is 46.8 Å². The molecule has 0 saturated heterocycles. The van der Waals surface area contributed by atoms with Gasteiger partial charge in [-0.2, -0.15) is 13.2 Å². The zero-order chi connectivity index (χ0) is 19.0. The lowest BCUT2D eigenvalue weighted by molar-refractivity contribution is -0.137. The molecule has 1 aromatic heterocycles. The van der Waals surface area contributed by atoms with Crippen molar-refractivity contribution >= 4 is 16.6 Å². The van der Waals surface area contributed by atoms with Crippen molar-refractivity contribution in [1.29, 1.82) is 0 Å². The van der Waals surface area contributed by atoms with Crippen LogP contribution < -0.4 is 0 Å². The number of fused-ring (bicyclic) bond motifs is 1. The fourth-order valence-electron chi connectivity index (χ4n) is 3.34. The molecule has 1 atom stereocenters. The minimum atomic E-state index is -4.40. The number of hydrogen-bond acceptors (Lipinski definition) is 3. The third-order valence-electron chi connectivity index (χ3n) is 4.66. The Morgan fingerprint density at radius 3 is 2.74 bits per heavy atom. The summed E-state index contributed by atoms with van der Waals surface area (Å²) in [5.41, 5.74) is 2.08. The van der Waals surface area contributed by atoms with Crippen LogP contribution in [-0.2, 0) is 11.0 Å². The molecule has 1 aliphatic heterocycles. The molecule has 140 valence electrons. The van der Waals surface area contributed by atoms with Crippen LogP contribution in [0.2, 0.25) is 0 Å². The number of para-hydroxylation sites is 1. The van der Waals surface area contributed by atoms with Crippen molar-refractivity contribution in [3.63, 3.8) is 0 Å². The summed E-state index contributed by atoms with van der Waals surface area (Å²) in [4.78, 5) is 5.36. The summed E-state index contributed by atoms with van der Waals surface area (Å²) >= 11 is 0. The first kappa shape index (κ1) is 17.6. The third-order valence-corrected chi connectivity index (χ3v) is 4.66. The monoisotopic (exact) mass is 374 g/mol. The second kappa shape index (κ2) is 6.74. The highest BCUT2D eigenvalue weighted by Crippen LogP contribution is 2.33. The Morgan fingerprint density at radius 1 is 1.15 bits per heavy atom. The fourth-order valence-corrected chi connectivity index (χ4v) is 3.34. The van der Waals surface area contributed by atoms with E-state index in [0.29, 0.717) is 18.5 Å². The summed E-state index contributed by atoms with van der Waals surface area (Å²) in [6, 6.07) is 12.7. The molecule has 2 aromatic carbocycles. The Kier molecular flexibility index (Phi) is 4.39. The van der Waals surface area contributed by atoms with Crippen molar-refractivity contribution in [3.05, 3.63) is 65.9 Å². The summed E-state index contributed by atoms with van der Waals surface area (Å²) < 4.78 is 41.0. The van der Waals surface area contributed by atoms with E-state index in [-0.39, 0.29) is 12.7 Å². The zero-order valence-electron chi connectivity index (χ0n) is 14.3.